The summed E-state index contributed by atoms with van der Waals surface area (Å²) in [5, 5.41) is 6.23. The first kappa shape index (κ1) is 10.5. The van der Waals surface area contributed by atoms with Gasteiger partial charge in [0, 0.05) is 28.9 Å². The van der Waals surface area contributed by atoms with Gasteiger partial charge in [0.15, 0.2) is 5.82 Å². The van der Waals surface area contributed by atoms with Crippen molar-refractivity contribution in [2.45, 2.75) is 11.3 Å². The zero-order valence-corrected chi connectivity index (χ0v) is 8.44. The van der Waals surface area contributed by atoms with Gasteiger partial charge in [0.25, 0.3) is 0 Å². The van der Waals surface area contributed by atoms with Crippen LogP contribution in [0.15, 0.2) is 4.52 Å². The van der Waals surface area contributed by atoms with Crippen LogP contribution in [-0.4, -0.2) is 23.7 Å². The van der Waals surface area contributed by atoms with Crippen LogP contribution in [0.4, 0.5) is 8.78 Å². The molecular formula is C6H8BrF2N3O. The van der Waals surface area contributed by atoms with Crippen molar-refractivity contribution < 1.29 is 13.3 Å². The zero-order chi connectivity index (χ0) is 9.90. The highest BCUT2D eigenvalue weighted by Gasteiger charge is 2.34. The van der Waals surface area contributed by atoms with Gasteiger partial charge in [-0.1, -0.05) is 5.16 Å². The maximum Gasteiger partial charge on any atom is 0.378 e. The van der Waals surface area contributed by atoms with Crippen LogP contribution in [0.5, 0.6) is 0 Å². The summed E-state index contributed by atoms with van der Waals surface area (Å²) in [5.74, 6) is -0.443. The largest absolute Gasteiger partial charge is 0.378 e. The monoisotopic (exact) mass is 255 g/mol. The lowest BCUT2D eigenvalue weighted by atomic mass is 10.4. The van der Waals surface area contributed by atoms with Crippen LogP contribution in [0.1, 0.15) is 11.7 Å². The summed E-state index contributed by atoms with van der Waals surface area (Å²) in [4.78, 5) is 0.266. The summed E-state index contributed by atoms with van der Waals surface area (Å²) >= 11 is 2.12. The van der Waals surface area contributed by atoms with E-state index >= 15 is 0 Å². The van der Waals surface area contributed by atoms with Crippen molar-refractivity contribution >= 4 is 15.9 Å². The van der Waals surface area contributed by atoms with E-state index < -0.39 is 10.7 Å². The van der Waals surface area contributed by atoms with E-state index in [9.17, 15) is 8.78 Å². The zero-order valence-electron chi connectivity index (χ0n) is 6.85. The summed E-state index contributed by atoms with van der Waals surface area (Å²) in [7, 11) is 1.75. The molecule has 74 valence electrons. The van der Waals surface area contributed by atoms with Gasteiger partial charge in [-0.25, -0.2) is 0 Å². The fraction of sp³-hybridized carbons (Fsp3) is 0.667. The molecule has 0 spiro atoms. The molecule has 0 bridgehead atoms. The SMILES string of the molecule is CNCCc1noc(C(F)(F)Br)n1. The van der Waals surface area contributed by atoms with E-state index in [0.29, 0.717) is 13.0 Å². The lowest BCUT2D eigenvalue weighted by Crippen LogP contribution is -2.11. The molecule has 1 aromatic heterocycles. The molecule has 0 aromatic carbocycles. The van der Waals surface area contributed by atoms with Crippen molar-refractivity contribution in [3.8, 4) is 0 Å². The van der Waals surface area contributed by atoms with Gasteiger partial charge in [-0.3, -0.25) is 0 Å². The Morgan fingerprint density at radius 3 is 2.77 bits per heavy atom. The van der Waals surface area contributed by atoms with E-state index in [1.54, 1.807) is 7.05 Å². The molecule has 0 atom stereocenters. The predicted octanol–water partition coefficient (Wildman–Crippen LogP) is 1.28. The van der Waals surface area contributed by atoms with Crippen molar-refractivity contribution in [1.29, 1.82) is 0 Å². The molecule has 1 rings (SSSR count). The van der Waals surface area contributed by atoms with Crippen molar-refractivity contribution in [2.24, 2.45) is 0 Å². The predicted molar refractivity (Wildman–Crippen MR) is 44.7 cm³/mol. The van der Waals surface area contributed by atoms with E-state index in [1.165, 1.54) is 0 Å². The van der Waals surface area contributed by atoms with Crippen LogP contribution in [0.3, 0.4) is 0 Å². The molecule has 0 aliphatic heterocycles. The maximum atomic E-state index is 12.5. The lowest BCUT2D eigenvalue weighted by molar-refractivity contribution is 0.0725. The fourth-order valence-corrected chi connectivity index (χ4v) is 0.869. The number of aromatic nitrogens is 2. The number of alkyl halides is 3. The third-order valence-electron chi connectivity index (χ3n) is 1.31. The van der Waals surface area contributed by atoms with Gasteiger partial charge in [0.2, 0.25) is 0 Å². The first-order chi connectivity index (χ1) is 6.04. The maximum absolute atomic E-state index is 12.5. The van der Waals surface area contributed by atoms with E-state index in [1.807, 2.05) is 0 Å². The van der Waals surface area contributed by atoms with E-state index in [0.717, 1.165) is 0 Å². The lowest BCUT2D eigenvalue weighted by Gasteiger charge is -1.98. The second-order valence-electron chi connectivity index (χ2n) is 2.37. The van der Waals surface area contributed by atoms with Gasteiger partial charge in [-0.2, -0.15) is 13.8 Å². The Labute approximate surface area is 81.8 Å². The standard InChI is InChI=1S/C6H8BrF2N3O/c1-10-3-2-4-11-5(13-12-4)6(7,8)9/h10H,2-3H2,1H3. The molecule has 13 heavy (non-hydrogen) atoms. The minimum Gasteiger partial charge on any atom is -0.332 e. The summed E-state index contributed by atoms with van der Waals surface area (Å²) < 4.78 is 29.3. The average Bonchev–Trinajstić information content (AvgIpc) is 2.47. The Kier molecular flexibility index (Phi) is 3.32. The summed E-state index contributed by atoms with van der Waals surface area (Å²) in [5.41, 5.74) is 0. The van der Waals surface area contributed by atoms with Crippen LogP contribution in [0, 0.1) is 0 Å². The molecular weight excluding hydrogens is 248 g/mol. The Morgan fingerprint density at radius 2 is 2.31 bits per heavy atom. The van der Waals surface area contributed by atoms with Crippen LogP contribution in [0.2, 0.25) is 0 Å². The number of hydrogen-bond donors (Lipinski definition) is 1. The van der Waals surface area contributed by atoms with E-state index in [-0.39, 0.29) is 5.82 Å². The van der Waals surface area contributed by atoms with Crippen LogP contribution in [-0.2, 0) is 11.3 Å². The molecule has 1 heterocycles. The number of likely N-dealkylation sites (N-methyl/N-ethyl adjacent to an activating group) is 1. The Bertz CT molecular complexity index is 273. The third kappa shape index (κ3) is 3.00. The topological polar surface area (TPSA) is 51.0 Å². The highest BCUT2D eigenvalue weighted by molar-refractivity contribution is 9.09. The van der Waals surface area contributed by atoms with Crippen molar-refractivity contribution in [3.05, 3.63) is 11.7 Å². The first-order valence-electron chi connectivity index (χ1n) is 3.58. The minimum atomic E-state index is -3.24. The smallest absolute Gasteiger partial charge is 0.332 e. The molecule has 0 radical (unpaired) electrons. The first-order valence-corrected chi connectivity index (χ1v) is 4.37. The summed E-state index contributed by atoms with van der Waals surface area (Å²) in [6.45, 7) is 0.618. The number of rotatable bonds is 4. The minimum absolute atomic E-state index is 0.267. The molecule has 0 aliphatic carbocycles. The molecule has 7 heteroatoms. The molecule has 1 N–H and O–H groups in total. The van der Waals surface area contributed by atoms with Crippen LogP contribution < -0.4 is 5.32 Å². The molecule has 4 nitrogen and oxygen atoms in total. The molecule has 0 saturated heterocycles. The number of hydrogen-bond acceptors (Lipinski definition) is 4. The average molecular weight is 256 g/mol. The molecule has 1 aromatic rings. The normalized spacial score (nSPS) is 12.0. The van der Waals surface area contributed by atoms with Crippen LogP contribution >= 0.6 is 15.9 Å². The number of nitrogens with one attached hydrogen (secondary N) is 1. The fourth-order valence-electron chi connectivity index (χ4n) is 0.707. The molecule has 0 amide bonds. The van der Waals surface area contributed by atoms with Gasteiger partial charge in [-0.05, 0) is 7.05 Å². The number of halogens is 3. The quantitative estimate of drug-likeness (QED) is 0.824. The number of nitrogens with zero attached hydrogens (tertiary/aromatic N) is 2. The van der Waals surface area contributed by atoms with Crippen molar-refractivity contribution in [2.75, 3.05) is 13.6 Å². The van der Waals surface area contributed by atoms with Gasteiger partial charge >= 0.3 is 10.7 Å². The second kappa shape index (κ2) is 4.10. The van der Waals surface area contributed by atoms with Gasteiger partial charge in [0.1, 0.15) is 0 Å². The Balaban J connectivity index is 2.64. The second-order valence-corrected chi connectivity index (χ2v) is 3.36. The van der Waals surface area contributed by atoms with Crippen LogP contribution in [0.25, 0.3) is 0 Å². The Hall–Kier alpha value is -0.560. The highest BCUT2D eigenvalue weighted by atomic mass is 79.9. The van der Waals surface area contributed by atoms with Crippen molar-refractivity contribution in [1.82, 2.24) is 15.5 Å². The third-order valence-corrected chi connectivity index (χ3v) is 1.65. The Morgan fingerprint density at radius 1 is 1.62 bits per heavy atom. The molecule has 0 fully saturated rings. The molecule has 0 saturated carbocycles. The van der Waals surface area contributed by atoms with Crippen molar-refractivity contribution in [3.63, 3.8) is 0 Å². The van der Waals surface area contributed by atoms with Gasteiger partial charge in [0.05, 0.1) is 0 Å². The summed E-state index contributed by atoms with van der Waals surface area (Å²) in [6, 6.07) is 0. The summed E-state index contributed by atoms with van der Waals surface area (Å²) in [6.07, 6.45) is 0.461. The van der Waals surface area contributed by atoms with E-state index in [2.05, 4.69) is 35.9 Å². The van der Waals surface area contributed by atoms with Gasteiger partial charge < -0.3 is 9.84 Å². The highest BCUT2D eigenvalue weighted by Crippen LogP contribution is 2.32. The molecule has 0 aliphatic rings. The molecule has 0 unspecified atom stereocenters. The van der Waals surface area contributed by atoms with E-state index in [4.69, 9.17) is 0 Å². The van der Waals surface area contributed by atoms with Gasteiger partial charge in [-0.15, -0.1) is 0 Å².